The Hall–Kier alpha value is -1.01. The highest BCUT2D eigenvalue weighted by Crippen LogP contribution is 2.35. The Morgan fingerprint density at radius 3 is 2.88 bits per heavy atom. The van der Waals surface area contributed by atoms with Crippen molar-refractivity contribution in [2.24, 2.45) is 0 Å². The Kier molecular flexibility index (Phi) is 6.07. The van der Waals surface area contributed by atoms with E-state index >= 15 is 0 Å². The summed E-state index contributed by atoms with van der Waals surface area (Å²) in [6.45, 7) is 5.02. The summed E-state index contributed by atoms with van der Waals surface area (Å²) in [5, 5.41) is 13.1. The molecule has 5 nitrogen and oxygen atoms in total. The third kappa shape index (κ3) is 4.05. The maximum Gasteiger partial charge on any atom is 0.193 e. The van der Waals surface area contributed by atoms with Gasteiger partial charge in [0.05, 0.1) is 7.11 Å². The Morgan fingerprint density at radius 2 is 2.29 bits per heavy atom. The average Bonchev–Trinajstić information content (AvgIpc) is 2.30. The maximum atomic E-state index is 8.89. The van der Waals surface area contributed by atoms with Gasteiger partial charge in [-0.3, -0.25) is 0 Å². The van der Waals surface area contributed by atoms with Crippen molar-refractivity contribution in [3.63, 3.8) is 0 Å². The van der Waals surface area contributed by atoms with E-state index in [1.54, 1.807) is 18.9 Å². The van der Waals surface area contributed by atoms with Crippen molar-refractivity contribution < 1.29 is 9.84 Å². The smallest absolute Gasteiger partial charge is 0.193 e. The minimum Gasteiger partial charge on any atom is -0.490 e. The summed E-state index contributed by atoms with van der Waals surface area (Å²) in [5.41, 5.74) is 0. The standard InChI is InChI=1S/C11H19N3O2S/c1-4-12-10-9(16-3)11(14-7-13-10)17-8(2)5-6-15/h7-8,15H,4-6H2,1-3H3,(H,12,13,14). The van der Waals surface area contributed by atoms with Crippen molar-refractivity contribution >= 4 is 17.6 Å². The van der Waals surface area contributed by atoms with Crippen LogP contribution >= 0.6 is 11.8 Å². The van der Waals surface area contributed by atoms with Crippen LogP contribution in [0.25, 0.3) is 0 Å². The number of rotatable bonds is 7. The van der Waals surface area contributed by atoms with Crippen LogP contribution in [0.15, 0.2) is 11.4 Å². The normalized spacial score (nSPS) is 12.2. The van der Waals surface area contributed by atoms with E-state index in [2.05, 4.69) is 22.2 Å². The highest BCUT2D eigenvalue weighted by Gasteiger charge is 2.14. The molecule has 0 spiro atoms. The number of hydrogen-bond donors (Lipinski definition) is 2. The quantitative estimate of drug-likeness (QED) is 0.573. The molecule has 0 aromatic carbocycles. The van der Waals surface area contributed by atoms with Crippen LogP contribution in [0, 0.1) is 0 Å². The SMILES string of the molecule is CCNc1ncnc(SC(C)CCO)c1OC. The molecule has 17 heavy (non-hydrogen) atoms. The number of nitrogens with one attached hydrogen (secondary N) is 1. The van der Waals surface area contributed by atoms with Crippen molar-refractivity contribution in [1.29, 1.82) is 0 Å². The number of hydrogen-bond acceptors (Lipinski definition) is 6. The molecule has 1 aromatic rings. The Bertz CT molecular complexity index is 349. The predicted molar refractivity (Wildman–Crippen MR) is 69.8 cm³/mol. The first-order valence-electron chi connectivity index (χ1n) is 5.63. The van der Waals surface area contributed by atoms with Crippen LogP contribution in [0.3, 0.4) is 0 Å². The lowest BCUT2D eigenvalue weighted by Crippen LogP contribution is -2.06. The molecular formula is C11H19N3O2S. The van der Waals surface area contributed by atoms with Gasteiger partial charge in [0.15, 0.2) is 11.6 Å². The number of aliphatic hydroxyl groups is 1. The zero-order valence-electron chi connectivity index (χ0n) is 10.4. The summed E-state index contributed by atoms with van der Waals surface area (Å²) < 4.78 is 5.34. The minimum atomic E-state index is 0.182. The van der Waals surface area contributed by atoms with E-state index in [1.165, 1.54) is 6.33 Å². The van der Waals surface area contributed by atoms with E-state index in [9.17, 15) is 0 Å². The molecule has 1 unspecified atom stereocenters. The van der Waals surface area contributed by atoms with Crippen molar-refractivity contribution in [3.05, 3.63) is 6.33 Å². The first-order chi connectivity index (χ1) is 8.22. The third-order valence-electron chi connectivity index (χ3n) is 2.17. The lowest BCUT2D eigenvalue weighted by atomic mass is 10.3. The summed E-state index contributed by atoms with van der Waals surface area (Å²) in [6, 6.07) is 0. The van der Waals surface area contributed by atoms with E-state index in [1.807, 2.05) is 6.92 Å². The van der Waals surface area contributed by atoms with Crippen molar-refractivity contribution in [2.75, 3.05) is 25.6 Å². The molecule has 1 atom stereocenters. The third-order valence-corrected chi connectivity index (χ3v) is 3.32. The van der Waals surface area contributed by atoms with Crippen molar-refractivity contribution in [1.82, 2.24) is 9.97 Å². The summed E-state index contributed by atoms with van der Waals surface area (Å²) >= 11 is 1.58. The van der Waals surface area contributed by atoms with E-state index in [-0.39, 0.29) is 6.61 Å². The minimum absolute atomic E-state index is 0.182. The predicted octanol–water partition coefficient (Wildman–Crippen LogP) is 1.78. The molecule has 96 valence electrons. The molecule has 0 bridgehead atoms. The molecule has 1 heterocycles. The van der Waals surface area contributed by atoms with Crippen LogP contribution in [0.2, 0.25) is 0 Å². The number of aromatic nitrogens is 2. The first-order valence-corrected chi connectivity index (χ1v) is 6.51. The molecule has 0 saturated carbocycles. The van der Waals surface area contributed by atoms with Gasteiger partial charge >= 0.3 is 0 Å². The number of nitrogens with zero attached hydrogens (tertiary/aromatic N) is 2. The number of anilines is 1. The van der Waals surface area contributed by atoms with Gasteiger partial charge in [-0.2, -0.15) is 0 Å². The van der Waals surface area contributed by atoms with Crippen LogP contribution in [0.4, 0.5) is 5.82 Å². The van der Waals surface area contributed by atoms with E-state index in [0.717, 1.165) is 18.0 Å². The molecular weight excluding hydrogens is 238 g/mol. The lowest BCUT2D eigenvalue weighted by Gasteiger charge is -2.14. The summed E-state index contributed by atoms with van der Waals surface area (Å²) in [4.78, 5) is 8.36. The summed E-state index contributed by atoms with van der Waals surface area (Å²) in [7, 11) is 1.61. The van der Waals surface area contributed by atoms with Gasteiger partial charge in [0.1, 0.15) is 11.4 Å². The van der Waals surface area contributed by atoms with Gasteiger partial charge in [-0.25, -0.2) is 9.97 Å². The summed E-state index contributed by atoms with van der Waals surface area (Å²) in [5.74, 6) is 1.38. The van der Waals surface area contributed by atoms with E-state index in [4.69, 9.17) is 9.84 Å². The number of ether oxygens (including phenoxy) is 1. The van der Waals surface area contributed by atoms with Gasteiger partial charge in [-0.1, -0.05) is 18.7 Å². The average molecular weight is 257 g/mol. The van der Waals surface area contributed by atoms with Gasteiger partial charge in [0.2, 0.25) is 0 Å². The molecule has 0 aliphatic rings. The molecule has 2 N–H and O–H groups in total. The van der Waals surface area contributed by atoms with Crippen molar-refractivity contribution in [2.45, 2.75) is 30.5 Å². The summed E-state index contributed by atoms with van der Waals surface area (Å²) in [6.07, 6.45) is 2.25. The largest absolute Gasteiger partial charge is 0.490 e. The lowest BCUT2D eigenvalue weighted by molar-refractivity contribution is 0.289. The second-order valence-corrected chi connectivity index (χ2v) is 4.96. The fourth-order valence-electron chi connectivity index (χ4n) is 1.35. The molecule has 0 fully saturated rings. The second-order valence-electron chi connectivity index (χ2n) is 3.53. The monoisotopic (exact) mass is 257 g/mol. The number of methoxy groups -OCH3 is 1. The number of thioether (sulfide) groups is 1. The highest BCUT2D eigenvalue weighted by molar-refractivity contribution is 7.99. The number of aliphatic hydroxyl groups excluding tert-OH is 1. The van der Waals surface area contributed by atoms with Crippen LogP contribution in [0.5, 0.6) is 5.75 Å². The molecule has 0 amide bonds. The molecule has 0 saturated heterocycles. The van der Waals surface area contributed by atoms with Crippen LogP contribution < -0.4 is 10.1 Å². The maximum absolute atomic E-state index is 8.89. The van der Waals surface area contributed by atoms with Crippen LogP contribution in [0.1, 0.15) is 20.3 Å². The van der Waals surface area contributed by atoms with Crippen molar-refractivity contribution in [3.8, 4) is 5.75 Å². The molecule has 1 rings (SSSR count). The molecule has 0 aliphatic carbocycles. The van der Waals surface area contributed by atoms with E-state index in [0.29, 0.717) is 16.8 Å². The van der Waals surface area contributed by atoms with Gasteiger partial charge in [0.25, 0.3) is 0 Å². The second kappa shape index (κ2) is 7.34. The highest BCUT2D eigenvalue weighted by atomic mass is 32.2. The Labute approximate surface area is 106 Å². The topological polar surface area (TPSA) is 67.3 Å². The molecule has 0 radical (unpaired) electrons. The molecule has 0 aliphatic heterocycles. The van der Waals surface area contributed by atoms with Gasteiger partial charge in [-0.15, -0.1) is 0 Å². The zero-order chi connectivity index (χ0) is 12.7. The molecule has 1 aromatic heterocycles. The van der Waals surface area contributed by atoms with Crippen LogP contribution in [-0.2, 0) is 0 Å². The fourth-order valence-corrected chi connectivity index (χ4v) is 2.35. The fraction of sp³-hybridized carbons (Fsp3) is 0.636. The van der Waals surface area contributed by atoms with Gasteiger partial charge in [-0.05, 0) is 13.3 Å². The van der Waals surface area contributed by atoms with Gasteiger partial charge < -0.3 is 15.2 Å². The molecule has 6 heteroatoms. The Morgan fingerprint density at radius 1 is 1.53 bits per heavy atom. The zero-order valence-corrected chi connectivity index (χ0v) is 11.3. The first kappa shape index (κ1) is 14.1. The van der Waals surface area contributed by atoms with Crippen LogP contribution in [-0.4, -0.2) is 40.6 Å². The van der Waals surface area contributed by atoms with Gasteiger partial charge in [0, 0.05) is 18.4 Å². The van der Waals surface area contributed by atoms with E-state index < -0.39 is 0 Å². The Balaban J connectivity index is 2.86.